The van der Waals surface area contributed by atoms with Crippen molar-refractivity contribution in [3.05, 3.63) is 69.9 Å². The predicted octanol–water partition coefficient (Wildman–Crippen LogP) is 4.14. The number of fused-ring (bicyclic) bond motifs is 2. The highest BCUT2D eigenvalue weighted by atomic mass is 16.1. The van der Waals surface area contributed by atoms with Gasteiger partial charge in [-0.1, -0.05) is 39.8 Å². The van der Waals surface area contributed by atoms with E-state index in [4.69, 9.17) is 4.98 Å². The lowest BCUT2D eigenvalue weighted by atomic mass is 9.63. The molecule has 2 aliphatic rings. The fourth-order valence-electron chi connectivity index (χ4n) is 5.22. The molecule has 0 saturated carbocycles. The van der Waals surface area contributed by atoms with Crippen LogP contribution in [0.4, 0.5) is 5.95 Å². The van der Waals surface area contributed by atoms with Crippen molar-refractivity contribution < 1.29 is 4.79 Å². The van der Waals surface area contributed by atoms with Gasteiger partial charge in [0.2, 0.25) is 5.95 Å². The first-order chi connectivity index (χ1) is 16.2. The van der Waals surface area contributed by atoms with Gasteiger partial charge >= 0.3 is 0 Å². The van der Waals surface area contributed by atoms with Crippen LogP contribution in [-0.2, 0) is 17.4 Å². The third-order valence-corrected chi connectivity index (χ3v) is 7.43. The number of rotatable bonds is 4. The molecule has 5 rings (SSSR count). The predicted molar refractivity (Wildman–Crippen MR) is 132 cm³/mol. The van der Waals surface area contributed by atoms with Crippen LogP contribution in [0, 0.1) is 0 Å². The summed E-state index contributed by atoms with van der Waals surface area (Å²) in [6.45, 7) is 10.6. The molecule has 7 nitrogen and oxygen atoms in total. The van der Waals surface area contributed by atoms with Crippen molar-refractivity contribution in [1.29, 1.82) is 0 Å². The zero-order chi connectivity index (χ0) is 24.1. The Bertz CT molecular complexity index is 1310. The Kier molecular flexibility index (Phi) is 5.38. The number of aromatic nitrogens is 4. The second-order valence-corrected chi connectivity index (χ2v) is 10.8. The van der Waals surface area contributed by atoms with Crippen LogP contribution in [0.1, 0.15) is 68.4 Å². The standard InChI is InChI=1S/C27H31N5O2/c1-26(2)9-10-27(3,4)20-14-18(6-7-19(20)26)23(33)16-31-12-5-13-32-24(34)15-22(30-25(31)32)21-8-11-28-17-29-21/h6-8,11,14-15,17H,5,9-10,12-13,16H2,1-4H3. The van der Waals surface area contributed by atoms with Crippen molar-refractivity contribution in [2.45, 2.75) is 64.3 Å². The molecule has 0 bridgehead atoms. The quantitative estimate of drug-likeness (QED) is 0.548. The molecule has 176 valence electrons. The molecular formula is C27H31N5O2. The lowest BCUT2D eigenvalue weighted by molar-refractivity contribution is 0.0997. The van der Waals surface area contributed by atoms with Crippen molar-refractivity contribution in [1.82, 2.24) is 19.5 Å². The minimum absolute atomic E-state index is 0.0390. The fraction of sp³-hybridized carbons (Fsp3) is 0.444. The number of hydrogen-bond donors (Lipinski definition) is 0. The van der Waals surface area contributed by atoms with Crippen LogP contribution in [-0.4, -0.2) is 38.4 Å². The molecule has 0 fully saturated rings. The summed E-state index contributed by atoms with van der Waals surface area (Å²) in [6, 6.07) is 9.44. The maximum absolute atomic E-state index is 13.4. The third-order valence-electron chi connectivity index (χ3n) is 7.43. The molecule has 0 N–H and O–H groups in total. The van der Waals surface area contributed by atoms with E-state index >= 15 is 0 Å². The number of carbonyl (C=O) groups is 1. The van der Waals surface area contributed by atoms with Crippen LogP contribution in [0.3, 0.4) is 0 Å². The molecule has 3 aromatic rings. The van der Waals surface area contributed by atoms with Gasteiger partial charge in [-0.15, -0.1) is 0 Å². The van der Waals surface area contributed by atoms with Crippen LogP contribution in [0.25, 0.3) is 11.4 Å². The second kappa shape index (κ2) is 8.15. The average molecular weight is 458 g/mol. The third kappa shape index (κ3) is 3.93. The van der Waals surface area contributed by atoms with E-state index in [-0.39, 0.29) is 28.7 Å². The molecule has 1 aromatic carbocycles. The van der Waals surface area contributed by atoms with Crippen LogP contribution >= 0.6 is 0 Å². The summed E-state index contributed by atoms with van der Waals surface area (Å²) in [7, 11) is 0. The molecule has 7 heteroatoms. The Morgan fingerprint density at radius 3 is 2.47 bits per heavy atom. The molecule has 2 aromatic heterocycles. The highest BCUT2D eigenvalue weighted by Crippen LogP contribution is 2.45. The Morgan fingerprint density at radius 1 is 0.971 bits per heavy atom. The van der Waals surface area contributed by atoms with Gasteiger partial charge in [-0.25, -0.2) is 15.0 Å². The van der Waals surface area contributed by atoms with E-state index in [1.807, 2.05) is 11.0 Å². The van der Waals surface area contributed by atoms with Crippen molar-refractivity contribution in [3.63, 3.8) is 0 Å². The Hall–Kier alpha value is -3.35. The van der Waals surface area contributed by atoms with Gasteiger partial charge in [-0.2, -0.15) is 0 Å². The fourth-order valence-corrected chi connectivity index (χ4v) is 5.22. The number of anilines is 1. The van der Waals surface area contributed by atoms with E-state index in [1.165, 1.54) is 23.5 Å². The molecule has 0 spiro atoms. The molecule has 0 amide bonds. The highest BCUT2D eigenvalue weighted by molar-refractivity contribution is 5.99. The lowest BCUT2D eigenvalue weighted by Gasteiger charge is -2.42. The zero-order valence-corrected chi connectivity index (χ0v) is 20.3. The number of hydrogen-bond acceptors (Lipinski definition) is 6. The summed E-state index contributed by atoms with van der Waals surface area (Å²) in [6.07, 6.45) is 6.10. The molecular weight excluding hydrogens is 426 g/mol. The van der Waals surface area contributed by atoms with Crippen molar-refractivity contribution in [2.75, 3.05) is 18.0 Å². The monoisotopic (exact) mass is 457 g/mol. The van der Waals surface area contributed by atoms with Crippen LogP contribution in [0.15, 0.2) is 47.7 Å². The van der Waals surface area contributed by atoms with E-state index in [9.17, 15) is 9.59 Å². The molecule has 0 unspecified atom stereocenters. The summed E-state index contributed by atoms with van der Waals surface area (Å²) >= 11 is 0. The summed E-state index contributed by atoms with van der Waals surface area (Å²) in [5.41, 5.74) is 4.44. The molecule has 0 radical (unpaired) electrons. The molecule has 0 saturated heterocycles. The number of nitrogens with zero attached hydrogens (tertiary/aromatic N) is 5. The lowest BCUT2D eigenvalue weighted by Crippen LogP contribution is -2.41. The molecule has 3 heterocycles. The molecule has 1 aliphatic carbocycles. The molecule has 1 aliphatic heterocycles. The van der Waals surface area contributed by atoms with Crippen molar-refractivity contribution in [3.8, 4) is 11.4 Å². The van der Waals surface area contributed by atoms with Crippen molar-refractivity contribution >= 4 is 11.7 Å². The first-order valence-corrected chi connectivity index (χ1v) is 12.0. The SMILES string of the molecule is CC1(C)CCC(C)(C)c2cc(C(=O)CN3CCCn4c3nc(-c3ccncn3)cc4=O)ccc21. The smallest absolute Gasteiger partial charge is 0.255 e. The average Bonchev–Trinajstić information content (AvgIpc) is 2.83. The van der Waals surface area contributed by atoms with Crippen LogP contribution in [0.2, 0.25) is 0 Å². The van der Waals surface area contributed by atoms with Crippen molar-refractivity contribution in [2.24, 2.45) is 0 Å². The molecule has 0 atom stereocenters. The van der Waals surface area contributed by atoms with E-state index in [0.29, 0.717) is 30.4 Å². The summed E-state index contributed by atoms with van der Waals surface area (Å²) in [4.78, 5) is 41.1. The van der Waals surface area contributed by atoms with Crippen LogP contribution in [0.5, 0.6) is 0 Å². The number of ketones is 1. The van der Waals surface area contributed by atoms with Gasteiger partial charge < -0.3 is 4.90 Å². The van der Waals surface area contributed by atoms with Gasteiger partial charge in [-0.05, 0) is 53.4 Å². The second-order valence-electron chi connectivity index (χ2n) is 10.8. The topological polar surface area (TPSA) is 81.0 Å². The summed E-state index contributed by atoms with van der Waals surface area (Å²) < 4.78 is 1.65. The van der Waals surface area contributed by atoms with Gasteiger partial charge in [0.15, 0.2) is 5.78 Å². The maximum atomic E-state index is 13.4. The van der Waals surface area contributed by atoms with Gasteiger partial charge in [0, 0.05) is 30.9 Å². The van der Waals surface area contributed by atoms with Gasteiger partial charge in [0.25, 0.3) is 5.56 Å². The van der Waals surface area contributed by atoms with Crippen LogP contribution < -0.4 is 10.5 Å². The number of carbonyl (C=O) groups excluding carboxylic acids is 1. The number of benzene rings is 1. The largest absolute Gasteiger partial charge is 0.334 e. The Balaban J connectivity index is 1.47. The number of Topliss-reactive ketones (excluding diaryl/α,β-unsaturated/α-hetero) is 1. The Morgan fingerprint density at radius 2 is 1.74 bits per heavy atom. The minimum Gasteiger partial charge on any atom is -0.334 e. The van der Waals surface area contributed by atoms with E-state index < -0.39 is 0 Å². The summed E-state index contributed by atoms with van der Waals surface area (Å²) in [5, 5.41) is 0. The van der Waals surface area contributed by atoms with E-state index in [2.05, 4.69) is 49.8 Å². The normalized spacial score (nSPS) is 18.2. The first-order valence-electron chi connectivity index (χ1n) is 12.0. The van der Waals surface area contributed by atoms with Gasteiger partial charge in [-0.3, -0.25) is 14.2 Å². The first kappa shape index (κ1) is 22.4. The van der Waals surface area contributed by atoms with Gasteiger partial charge in [0.1, 0.15) is 6.33 Å². The van der Waals surface area contributed by atoms with E-state index in [0.717, 1.165) is 24.8 Å². The maximum Gasteiger partial charge on any atom is 0.255 e. The van der Waals surface area contributed by atoms with Gasteiger partial charge in [0.05, 0.1) is 17.9 Å². The van der Waals surface area contributed by atoms with E-state index in [1.54, 1.807) is 16.8 Å². The zero-order valence-electron chi connectivity index (χ0n) is 20.3. The minimum atomic E-state index is -0.131. The summed E-state index contributed by atoms with van der Waals surface area (Å²) in [5.74, 6) is 0.567. The highest BCUT2D eigenvalue weighted by Gasteiger charge is 2.37. The molecule has 34 heavy (non-hydrogen) atoms. The Labute approximate surface area is 199 Å².